The van der Waals surface area contributed by atoms with Gasteiger partial charge in [0.1, 0.15) is 18.1 Å². The zero-order chi connectivity index (χ0) is 20.2. The second-order valence-electron chi connectivity index (χ2n) is 7.41. The van der Waals surface area contributed by atoms with Crippen molar-refractivity contribution >= 4 is 29.0 Å². The minimum atomic E-state index is 0. The molecule has 0 radical (unpaired) electrons. The summed E-state index contributed by atoms with van der Waals surface area (Å²) in [4.78, 5) is 7.16. The van der Waals surface area contributed by atoms with Gasteiger partial charge >= 0.3 is 0 Å². The molecule has 1 aliphatic heterocycles. The highest BCUT2D eigenvalue weighted by atomic mass is 35.5. The van der Waals surface area contributed by atoms with Gasteiger partial charge in [-0.2, -0.15) is 0 Å². The first-order valence-corrected chi connectivity index (χ1v) is 10.2. The smallest absolute Gasteiger partial charge is 0.122 e. The average molecular weight is 429 g/mol. The van der Waals surface area contributed by atoms with E-state index in [2.05, 4.69) is 24.0 Å². The Kier molecular flexibility index (Phi) is 7.40. The molecule has 160 valence electrons. The Morgan fingerprint density at radius 1 is 1.10 bits per heavy atom. The molecule has 30 heavy (non-hydrogen) atoms. The molecule has 0 spiro atoms. The van der Waals surface area contributed by atoms with Crippen LogP contribution in [0.1, 0.15) is 24.6 Å². The lowest BCUT2D eigenvalue weighted by Crippen LogP contribution is -2.23. The van der Waals surface area contributed by atoms with Crippen LogP contribution >= 0.6 is 12.4 Å². The summed E-state index contributed by atoms with van der Waals surface area (Å²) in [6.45, 7) is 7.30. The van der Waals surface area contributed by atoms with Crippen LogP contribution < -0.4 is 14.4 Å². The third-order valence-electron chi connectivity index (χ3n) is 5.32. The zero-order valence-electron chi connectivity index (χ0n) is 17.8. The summed E-state index contributed by atoms with van der Waals surface area (Å²) < 4.78 is 17.1. The number of hydrogen-bond donors (Lipinski definition) is 0. The number of rotatable bonds is 7. The number of pyridine rings is 1. The van der Waals surface area contributed by atoms with Gasteiger partial charge in [0.15, 0.2) is 0 Å². The van der Waals surface area contributed by atoms with Gasteiger partial charge in [-0.25, -0.2) is 0 Å². The van der Waals surface area contributed by atoms with E-state index in [9.17, 15) is 0 Å². The Balaban J connectivity index is 0.00000256. The van der Waals surface area contributed by atoms with E-state index in [1.165, 1.54) is 5.69 Å². The topological polar surface area (TPSA) is 43.8 Å². The normalized spacial score (nSPS) is 15.8. The molecule has 0 saturated carbocycles. The molecule has 1 atom stereocenters. The van der Waals surface area contributed by atoms with Crippen molar-refractivity contribution in [2.45, 2.75) is 33.0 Å². The van der Waals surface area contributed by atoms with E-state index in [4.69, 9.17) is 19.2 Å². The lowest BCUT2D eigenvalue weighted by Gasteiger charge is -2.21. The molecule has 1 fully saturated rings. The summed E-state index contributed by atoms with van der Waals surface area (Å²) in [6.07, 6.45) is 1.38. The highest BCUT2D eigenvalue weighted by molar-refractivity contribution is 5.93. The van der Waals surface area contributed by atoms with Crippen LogP contribution in [0.5, 0.6) is 11.5 Å². The van der Waals surface area contributed by atoms with E-state index in [-0.39, 0.29) is 12.4 Å². The first-order chi connectivity index (χ1) is 14.2. The van der Waals surface area contributed by atoms with Crippen LogP contribution in [0.15, 0.2) is 48.5 Å². The van der Waals surface area contributed by atoms with E-state index in [1.807, 2.05) is 43.3 Å². The van der Waals surface area contributed by atoms with Crippen LogP contribution in [-0.4, -0.2) is 37.9 Å². The molecule has 1 unspecified atom stereocenters. The quantitative estimate of drug-likeness (QED) is 0.519. The first kappa shape index (κ1) is 22.2. The summed E-state index contributed by atoms with van der Waals surface area (Å²) in [6, 6.07) is 16.3. The molecule has 1 saturated heterocycles. The number of benzene rings is 2. The van der Waals surface area contributed by atoms with Gasteiger partial charge in [-0.05, 0) is 56.2 Å². The Hall–Kier alpha value is -2.50. The van der Waals surface area contributed by atoms with Gasteiger partial charge in [0.25, 0.3) is 0 Å². The lowest BCUT2D eigenvalue weighted by atomic mass is 10.1. The molecule has 1 aliphatic rings. The van der Waals surface area contributed by atoms with E-state index in [1.54, 1.807) is 7.11 Å². The Bertz CT molecular complexity index is 995. The number of fused-ring (bicyclic) bond motifs is 1. The molecular weight excluding hydrogens is 400 g/mol. The van der Waals surface area contributed by atoms with Crippen LogP contribution in [0.2, 0.25) is 0 Å². The standard InChI is InChI=1S/C24H28N2O3.ClH/c1-4-28-21-10-11-26(15-21)24-12-17(2)25-23-14-20(8-9-22(23)24)29-16-18-6-5-7-19(13-18)27-3;/h5-9,12-14,21H,4,10-11,15-16H2,1-3H3;1H. The maximum absolute atomic E-state index is 6.02. The fraction of sp³-hybridized carbons (Fsp3) is 0.375. The van der Waals surface area contributed by atoms with E-state index < -0.39 is 0 Å². The molecule has 1 aromatic heterocycles. The number of ether oxygens (including phenoxy) is 3. The summed E-state index contributed by atoms with van der Waals surface area (Å²) in [5.74, 6) is 1.65. The molecular formula is C24H29ClN2O3. The predicted octanol–water partition coefficient (Wildman–Crippen LogP) is 5.17. The van der Waals surface area contributed by atoms with Crippen molar-refractivity contribution in [3.63, 3.8) is 0 Å². The second kappa shape index (κ2) is 10.0. The third-order valence-corrected chi connectivity index (χ3v) is 5.32. The summed E-state index contributed by atoms with van der Waals surface area (Å²) in [5, 5.41) is 1.15. The van der Waals surface area contributed by atoms with Crippen molar-refractivity contribution in [1.29, 1.82) is 0 Å². The van der Waals surface area contributed by atoms with Crippen LogP contribution in [0.25, 0.3) is 10.9 Å². The minimum Gasteiger partial charge on any atom is -0.497 e. The van der Waals surface area contributed by atoms with Gasteiger partial charge in [0.05, 0.1) is 18.7 Å². The number of halogens is 1. The predicted molar refractivity (Wildman–Crippen MR) is 123 cm³/mol. The number of aryl methyl sites for hydroxylation is 1. The van der Waals surface area contributed by atoms with Crippen LogP contribution in [-0.2, 0) is 11.3 Å². The Labute approximate surface area is 184 Å². The summed E-state index contributed by atoms with van der Waals surface area (Å²) >= 11 is 0. The fourth-order valence-corrected chi connectivity index (χ4v) is 3.92. The van der Waals surface area contributed by atoms with Crippen molar-refractivity contribution in [1.82, 2.24) is 4.98 Å². The number of anilines is 1. The molecule has 2 aromatic carbocycles. The molecule has 0 bridgehead atoms. The van der Waals surface area contributed by atoms with Crippen molar-refractivity contribution in [3.05, 3.63) is 59.8 Å². The van der Waals surface area contributed by atoms with E-state index in [0.29, 0.717) is 12.7 Å². The number of aromatic nitrogens is 1. The molecule has 2 heterocycles. The number of methoxy groups -OCH3 is 1. The van der Waals surface area contributed by atoms with Crippen molar-refractivity contribution in [3.8, 4) is 11.5 Å². The van der Waals surface area contributed by atoms with Crippen LogP contribution in [0.3, 0.4) is 0 Å². The Morgan fingerprint density at radius 2 is 1.97 bits per heavy atom. The summed E-state index contributed by atoms with van der Waals surface area (Å²) in [5.41, 5.74) is 4.27. The number of nitrogens with zero attached hydrogens (tertiary/aromatic N) is 2. The maximum atomic E-state index is 6.02. The van der Waals surface area contributed by atoms with Crippen molar-refractivity contribution < 1.29 is 14.2 Å². The van der Waals surface area contributed by atoms with Crippen molar-refractivity contribution in [2.75, 3.05) is 31.7 Å². The van der Waals surface area contributed by atoms with E-state index in [0.717, 1.165) is 59.8 Å². The van der Waals surface area contributed by atoms with Gasteiger partial charge in [-0.15, -0.1) is 12.4 Å². The van der Waals surface area contributed by atoms with E-state index >= 15 is 0 Å². The lowest BCUT2D eigenvalue weighted by molar-refractivity contribution is 0.0788. The molecule has 6 heteroatoms. The largest absolute Gasteiger partial charge is 0.497 e. The third kappa shape index (κ3) is 4.97. The second-order valence-corrected chi connectivity index (χ2v) is 7.41. The van der Waals surface area contributed by atoms with Gasteiger partial charge in [0, 0.05) is 42.5 Å². The molecule has 3 aromatic rings. The molecule has 0 aliphatic carbocycles. The van der Waals surface area contributed by atoms with Gasteiger partial charge < -0.3 is 19.1 Å². The maximum Gasteiger partial charge on any atom is 0.122 e. The van der Waals surface area contributed by atoms with Gasteiger partial charge in [-0.3, -0.25) is 4.98 Å². The average Bonchev–Trinajstić information content (AvgIpc) is 3.20. The highest BCUT2D eigenvalue weighted by Gasteiger charge is 2.24. The molecule has 4 rings (SSSR count). The van der Waals surface area contributed by atoms with Crippen LogP contribution in [0.4, 0.5) is 5.69 Å². The highest BCUT2D eigenvalue weighted by Crippen LogP contribution is 2.32. The Morgan fingerprint density at radius 3 is 2.77 bits per heavy atom. The zero-order valence-corrected chi connectivity index (χ0v) is 18.6. The molecule has 0 amide bonds. The molecule has 5 nitrogen and oxygen atoms in total. The minimum absolute atomic E-state index is 0. The van der Waals surface area contributed by atoms with Crippen molar-refractivity contribution in [2.24, 2.45) is 0 Å². The van der Waals surface area contributed by atoms with Crippen LogP contribution in [0, 0.1) is 6.92 Å². The fourth-order valence-electron chi connectivity index (χ4n) is 3.92. The SMILES string of the molecule is CCOC1CCN(c2cc(C)nc3cc(OCc4cccc(OC)c4)ccc23)C1.Cl. The number of hydrogen-bond acceptors (Lipinski definition) is 5. The summed E-state index contributed by atoms with van der Waals surface area (Å²) in [7, 11) is 1.67. The monoisotopic (exact) mass is 428 g/mol. The van der Waals surface area contributed by atoms with Gasteiger partial charge in [0.2, 0.25) is 0 Å². The molecule has 0 N–H and O–H groups in total. The first-order valence-electron chi connectivity index (χ1n) is 10.2. The van der Waals surface area contributed by atoms with Gasteiger partial charge in [-0.1, -0.05) is 12.1 Å².